The van der Waals surface area contributed by atoms with E-state index in [1.54, 1.807) is 10.2 Å². The standard InChI is InChI=1S/C14H13N3OS2/c1-10-3-5-11(6-4-10)20(18)17-8-7-12-13(17)14(19-2)16-9-15-12/h3-9H,1-2H3. The van der Waals surface area contributed by atoms with Crippen LogP contribution >= 0.6 is 11.8 Å². The maximum Gasteiger partial charge on any atom is 0.157 e. The predicted molar refractivity (Wildman–Crippen MR) is 82.3 cm³/mol. The Bertz CT molecular complexity index is 781. The molecule has 0 aliphatic carbocycles. The summed E-state index contributed by atoms with van der Waals surface area (Å²) in [5, 5.41) is 0.834. The van der Waals surface area contributed by atoms with E-state index < -0.39 is 11.0 Å². The average molecular weight is 303 g/mol. The van der Waals surface area contributed by atoms with Crippen LogP contribution in [-0.2, 0) is 11.0 Å². The molecule has 4 nitrogen and oxygen atoms in total. The maximum absolute atomic E-state index is 12.7. The summed E-state index contributed by atoms with van der Waals surface area (Å²) in [5.74, 6) is 0. The van der Waals surface area contributed by atoms with E-state index in [-0.39, 0.29) is 0 Å². The Hall–Kier alpha value is -1.66. The molecule has 2 aromatic heterocycles. The molecular formula is C14H13N3OS2. The zero-order valence-electron chi connectivity index (χ0n) is 11.1. The van der Waals surface area contributed by atoms with Gasteiger partial charge in [-0.05, 0) is 31.4 Å². The van der Waals surface area contributed by atoms with E-state index in [2.05, 4.69) is 9.97 Å². The molecule has 6 heteroatoms. The first-order valence-electron chi connectivity index (χ1n) is 6.05. The molecule has 0 radical (unpaired) electrons. The van der Waals surface area contributed by atoms with Crippen molar-refractivity contribution in [3.8, 4) is 0 Å². The molecule has 1 aromatic carbocycles. The highest BCUT2D eigenvalue weighted by molar-refractivity contribution is 7.98. The fourth-order valence-corrected chi connectivity index (χ4v) is 3.69. The van der Waals surface area contributed by atoms with E-state index >= 15 is 0 Å². The minimum atomic E-state index is -1.29. The van der Waals surface area contributed by atoms with Crippen LogP contribution in [0.2, 0.25) is 0 Å². The number of hydrogen-bond donors (Lipinski definition) is 0. The Kier molecular flexibility index (Phi) is 3.58. The van der Waals surface area contributed by atoms with Gasteiger partial charge in [0.25, 0.3) is 0 Å². The predicted octanol–water partition coefficient (Wildman–Crippen LogP) is 3.03. The number of aryl methyl sites for hydroxylation is 1. The Morgan fingerprint density at radius 3 is 2.60 bits per heavy atom. The van der Waals surface area contributed by atoms with Gasteiger partial charge in [-0.25, -0.2) is 14.2 Å². The van der Waals surface area contributed by atoms with Crippen LogP contribution in [0.15, 0.2) is 52.8 Å². The van der Waals surface area contributed by atoms with E-state index in [9.17, 15) is 4.21 Å². The summed E-state index contributed by atoms with van der Waals surface area (Å²) in [6, 6.07) is 9.57. The van der Waals surface area contributed by atoms with Crippen LogP contribution in [0.1, 0.15) is 5.56 Å². The number of hydrogen-bond acceptors (Lipinski definition) is 4. The second-order valence-corrected chi connectivity index (χ2v) is 6.48. The van der Waals surface area contributed by atoms with Crippen molar-refractivity contribution in [3.63, 3.8) is 0 Å². The molecule has 0 amide bonds. The number of benzene rings is 1. The fraction of sp³-hybridized carbons (Fsp3) is 0.143. The smallest absolute Gasteiger partial charge is 0.157 e. The summed E-state index contributed by atoms with van der Waals surface area (Å²) >= 11 is 1.53. The van der Waals surface area contributed by atoms with Gasteiger partial charge < -0.3 is 0 Å². The molecular weight excluding hydrogens is 290 g/mol. The Labute approximate surface area is 123 Å². The van der Waals surface area contributed by atoms with Gasteiger partial charge in [0.2, 0.25) is 0 Å². The van der Waals surface area contributed by atoms with Crippen LogP contribution < -0.4 is 0 Å². The van der Waals surface area contributed by atoms with Gasteiger partial charge in [0, 0.05) is 6.20 Å². The lowest BCUT2D eigenvalue weighted by Crippen LogP contribution is -2.04. The first-order chi connectivity index (χ1) is 9.70. The molecule has 0 saturated carbocycles. The minimum Gasteiger partial charge on any atom is -0.258 e. The van der Waals surface area contributed by atoms with Gasteiger partial charge in [-0.15, -0.1) is 11.8 Å². The van der Waals surface area contributed by atoms with Crippen LogP contribution in [0.4, 0.5) is 0 Å². The monoisotopic (exact) mass is 303 g/mol. The summed E-state index contributed by atoms with van der Waals surface area (Å²) in [6.07, 6.45) is 5.29. The quantitative estimate of drug-likeness (QED) is 0.551. The molecule has 1 unspecified atom stereocenters. The van der Waals surface area contributed by atoms with Crippen molar-refractivity contribution in [1.29, 1.82) is 0 Å². The summed E-state index contributed by atoms with van der Waals surface area (Å²) in [5.41, 5.74) is 2.78. The van der Waals surface area contributed by atoms with Crippen molar-refractivity contribution in [2.24, 2.45) is 0 Å². The zero-order chi connectivity index (χ0) is 14.1. The van der Waals surface area contributed by atoms with E-state index in [1.165, 1.54) is 18.1 Å². The van der Waals surface area contributed by atoms with Crippen LogP contribution in [0.5, 0.6) is 0 Å². The highest BCUT2D eigenvalue weighted by Crippen LogP contribution is 2.25. The number of nitrogens with zero attached hydrogens (tertiary/aromatic N) is 3. The zero-order valence-corrected chi connectivity index (χ0v) is 12.7. The molecule has 1 atom stereocenters. The number of rotatable bonds is 3. The summed E-state index contributed by atoms with van der Waals surface area (Å²) in [6.45, 7) is 2.01. The summed E-state index contributed by atoms with van der Waals surface area (Å²) < 4.78 is 14.4. The van der Waals surface area contributed by atoms with Gasteiger partial charge in [0.1, 0.15) is 16.9 Å². The van der Waals surface area contributed by atoms with Gasteiger partial charge in [-0.1, -0.05) is 17.7 Å². The summed E-state index contributed by atoms with van der Waals surface area (Å²) in [4.78, 5) is 9.23. The first kappa shape index (κ1) is 13.3. The molecule has 0 spiro atoms. The molecule has 0 saturated heterocycles. The summed E-state index contributed by atoms with van der Waals surface area (Å²) in [7, 11) is -1.29. The lowest BCUT2D eigenvalue weighted by Gasteiger charge is -2.07. The highest BCUT2D eigenvalue weighted by Gasteiger charge is 2.14. The normalized spacial score (nSPS) is 12.7. The fourth-order valence-electron chi connectivity index (χ4n) is 1.97. The molecule has 3 rings (SSSR count). The third-order valence-corrected chi connectivity index (χ3v) is 5.02. The molecule has 0 bridgehead atoms. The number of thioether (sulfide) groups is 1. The van der Waals surface area contributed by atoms with Crippen LogP contribution in [-0.4, -0.2) is 24.4 Å². The molecule has 0 N–H and O–H groups in total. The Morgan fingerprint density at radius 1 is 1.15 bits per heavy atom. The van der Waals surface area contributed by atoms with E-state index in [0.29, 0.717) is 0 Å². The van der Waals surface area contributed by atoms with E-state index in [4.69, 9.17) is 0 Å². The van der Waals surface area contributed by atoms with Gasteiger partial charge in [-0.3, -0.25) is 3.97 Å². The van der Waals surface area contributed by atoms with E-state index in [1.807, 2.05) is 43.5 Å². The van der Waals surface area contributed by atoms with Gasteiger partial charge >= 0.3 is 0 Å². The Morgan fingerprint density at radius 2 is 1.90 bits per heavy atom. The van der Waals surface area contributed by atoms with Crippen molar-refractivity contribution in [1.82, 2.24) is 13.9 Å². The van der Waals surface area contributed by atoms with Gasteiger partial charge in [-0.2, -0.15) is 0 Å². The second-order valence-electron chi connectivity index (χ2n) is 4.32. The first-order valence-corrected chi connectivity index (χ1v) is 8.39. The molecule has 2 heterocycles. The van der Waals surface area contributed by atoms with Crippen LogP contribution in [0, 0.1) is 6.92 Å². The molecule has 0 fully saturated rings. The largest absolute Gasteiger partial charge is 0.258 e. The molecule has 0 aliphatic rings. The van der Waals surface area contributed by atoms with Crippen molar-refractivity contribution in [2.75, 3.05) is 6.26 Å². The molecule has 0 aliphatic heterocycles. The third-order valence-electron chi connectivity index (χ3n) is 3.00. The third kappa shape index (κ3) is 2.25. The van der Waals surface area contributed by atoms with Crippen LogP contribution in [0.25, 0.3) is 11.0 Å². The highest BCUT2D eigenvalue weighted by atomic mass is 32.2. The van der Waals surface area contributed by atoms with Crippen molar-refractivity contribution in [3.05, 3.63) is 48.4 Å². The van der Waals surface area contributed by atoms with Crippen molar-refractivity contribution >= 4 is 33.8 Å². The SMILES string of the molecule is CSc1ncnc2ccn(S(=O)c3ccc(C)cc3)c12. The number of fused-ring (bicyclic) bond motifs is 1. The van der Waals surface area contributed by atoms with E-state index in [0.717, 1.165) is 26.5 Å². The van der Waals surface area contributed by atoms with Crippen molar-refractivity contribution < 1.29 is 4.21 Å². The average Bonchev–Trinajstić information content (AvgIpc) is 2.91. The topological polar surface area (TPSA) is 47.8 Å². The molecule has 3 aromatic rings. The minimum absolute atomic E-state index is 0.768. The van der Waals surface area contributed by atoms with Gasteiger partial charge in [0.15, 0.2) is 11.0 Å². The molecule has 20 heavy (non-hydrogen) atoms. The molecule has 102 valence electrons. The number of aromatic nitrogens is 3. The van der Waals surface area contributed by atoms with Gasteiger partial charge in [0.05, 0.1) is 10.4 Å². The maximum atomic E-state index is 12.7. The second kappa shape index (κ2) is 5.38. The Balaban J connectivity index is 2.14. The lowest BCUT2D eigenvalue weighted by atomic mass is 10.2. The van der Waals surface area contributed by atoms with Crippen LogP contribution in [0.3, 0.4) is 0 Å². The van der Waals surface area contributed by atoms with Crippen molar-refractivity contribution in [2.45, 2.75) is 16.8 Å². The lowest BCUT2D eigenvalue weighted by molar-refractivity contribution is 0.678.